The molecule has 8 heteroatoms. The molecular weight excluding hydrogens is 392 g/mol. The molecule has 160 valence electrons. The zero-order valence-electron chi connectivity index (χ0n) is 18.1. The number of amides is 1. The van der Waals surface area contributed by atoms with Gasteiger partial charge in [-0.15, -0.1) is 0 Å². The summed E-state index contributed by atoms with van der Waals surface area (Å²) >= 11 is 0. The molecule has 2 N–H and O–H groups in total. The molecule has 1 saturated heterocycles. The Bertz CT molecular complexity index is 1190. The lowest BCUT2D eigenvalue weighted by molar-refractivity contribution is -0.130. The van der Waals surface area contributed by atoms with E-state index >= 15 is 0 Å². The number of fused-ring (bicyclic) bond motifs is 1. The second kappa shape index (κ2) is 8.64. The third-order valence-corrected chi connectivity index (χ3v) is 5.46. The van der Waals surface area contributed by atoms with Crippen LogP contribution in [0.5, 0.6) is 5.75 Å². The average Bonchev–Trinajstić information content (AvgIpc) is 3.38. The molecule has 3 heterocycles. The molecule has 0 unspecified atom stereocenters. The Morgan fingerprint density at radius 2 is 2.13 bits per heavy atom. The Morgan fingerprint density at radius 1 is 1.29 bits per heavy atom. The molecular formula is C23H26N6O2. The lowest BCUT2D eigenvalue weighted by Gasteiger charge is -2.16. The number of anilines is 1. The van der Waals surface area contributed by atoms with Gasteiger partial charge in [-0.25, -0.2) is 14.6 Å². The number of hydrogen-bond acceptors (Lipinski definition) is 6. The molecule has 8 nitrogen and oxygen atoms in total. The summed E-state index contributed by atoms with van der Waals surface area (Å²) in [6.45, 7) is 5.34. The summed E-state index contributed by atoms with van der Waals surface area (Å²) in [4.78, 5) is 22.8. The van der Waals surface area contributed by atoms with Crippen molar-refractivity contribution < 1.29 is 9.53 Å². The lowest BCUT2D eigenvalue weighted by Crippen LogP contribution is -2.28. The quantitative estimate of drug-likeness (QED) is 0.654. The lowest BCUT2D eigenvalue weighted by atomic mass is 10.1. The number of aromatic nitrogens is 4. The largest absolute Gasteiger partial charge is 0.497 e. The topological polar surface area (TPSA) is 99.2 Å². The second-order valence-electron chi connectivity index (χ2n) is 7.77. The van der Waals surface area contributed by atoms with E-state index in [-0.39, 0.29) is 11.9 Å². The zero-order valence-corrected chi connectivity index (χ0v) is 18.1. The number of aryl methyl sites for hydroxylation is 1. The predicted octanol–water partition coefficient (Wildman–Crippen LogP) is 2.70. The van der Waals surface area contributed by atoms with E-state index in [4.69, 9.17) is 15.6 Å². The molecule has 0 saturated carbocycles. The van der Waals surface area contributed by atoms with Crippen molar-refractivity contribution in [3.05, 3.63) is 41.3 Å². The first-order valence-corrected chi connectivity index (χ1v) is 10.4. The van der Waals surface area contributed by atoms with Gasteiger partial charge in [0.2, 0.25) is 5.91 Å². The van der Waals surface area contributed by atoms with Gasteiger partial charge in [-0.1, -0.05) is 12.8 Å². The molecule has 1 amide bonds. The van der Waals surface area contributed by atoms with E-state index in [0.717, 1.165) is 36.3 Å². The van der Waals surface area contributed by atoms with Crippen LogP contribution in [0.25, 0.3) is 11.0 Å². The maximum Gasteiger partial charge on any atom is 0.222 e. The van der Waals surface area contributed by atoms with Gasteiger partial charge in [0.15, 0.2) is 5.65 Å². The Kier molecular flexibility index (Phi) is 5.76. The average molecular weight is 419 g/mol. The first kappa shape index (κ1) is 20.7. The van der Waals surface area contributed by atoms with Gasteiger partial charge in [0, 0.05) is 25.1 Å². The minimum atomic E-state index is 0.0345. The molecule has 0 aliphatic carbocycles. The smallest absolute Gasteiger partial charge is 0.222 e. The van der Waals surface area contributed by atoms with E-state index in [1.807, 2.05) is 41.6 Å². The van der Waals surface area contributed by atoms with E-state index in [1.165, 1.54) is 6.33 Å². The third-order valence-electron chi connectivity index (χ3n) is 5.46. The maximum atomic E-state index is 12.3. The number of ether oxygens (including phenoxy) is 1. The number of rotatable bonds is 4. The van der Waals surface area contributed by atoms with Gasteiger partial charge in [-0.3, -0.25) is 4.79 Å². The molecule has 0 spiro atoms. The van der Waals surface area contributed by atoms with Crippen molar-refractivity contribution in [1.82, 2.24) is 24.6 Å². The van der Waals surface area contributed by atoms with Crippen molar-refractivity contribution in [2.24, 2.45) is 0 Å². The number of carbonyl (C=O) groups is 1. The van der Waals surface area contributed by atoms with E-state index in [1.54, 1.807) is 7.11 Å². The van der Waals surface area contributed by atoms with Crippen LogP contribution in [-0.4, -0.2) is 50.8 Å². The Labute approximate surface area is 181 Å². The summed E-state index contributed by atoms with van der Waals surface area (Å²) in [5, 5.41) is 5.39. The normalized spacial score (nSPS) is 15.7. The van der Waals surface area contributed by atoms with Gasteiger partial charge in [0.1, 0.15) is 23.6 Å². The Balaban J connectivity index is 1.71. The predicted molar refractivity (Wildman–Crippen MR) is 119 cm³/mol. The van der Waals surface area contributed by atoms with Crippen LogP contribution in [0.4, 0.5) is 5.82 Å². The van der Waals surface area contributed by atoms with E-state index < -0.39 is 0 Å². The van der Waals surface area contributed by atoms with Crippen molar-refractivity contribution in [3.8, 4) is 17.6 Å². The first-order valence-electron chi connectivity index (χ1n) is 10.4. The number of methoxy groups -OCH3 is 1. The van der Waals surface area contributed by atoms with Crippen molar-refractivity contribution in [2.45, 2.75) is 39.2 Å². The van der Waals surface area contributed by atoms with E-state index in [0.29, 0.717) is 35.5 Å². The standard InChI is InChI=1S/C23H26N6O2/c1-4-5-20(30)28-9-8-17(13-28)29-23-21(22(24)25-14-26-23)19(27-29)7-6-16-10-15(2)11-18(12-16)31-3/h10-12,14,17H,4-5,8-9,13H2,1-3H3,(H2,24,25,26)/t17-/m0/s1. The van der Waals surface area contributed by atoms with Gasteiger partial charge < -0.3 is 15.4 Å². The molecule has 2 aromatic heterocycles. The van der Waals surface area contributed by atoms with Crippen molar-refractivity contribution in [3.63, 3.8) is 0 Å². The molecule has 4 rings (SSSR count). The van der Waals surface area contributed by atoms with Gasteiger partial charge in [-0.05, 0) is 49.4 Å². The number of nitrogen functional groups attached to an aromatic ring is 1. The highest BCUT2D eigenvalue weighted by Gasteiger charge is 2.30. The molecule has 1 aliphatic rings. The molecule has 3 aromatic rings. The highest BCUT2D eigenvalue weighted by Crippen LogP contribution is 2.28. The van der Waals surface area contributed by atoms with Crippen molar-refractivity contribution in [1.29, 1.82) is 0 Å². The molecule has 1 fully saturated rings. The van der Waals surface area contributed by atoms with Crippen molar-refractivity contribution in [2.75, 3.05) is 25.9 Å². The highest BCUT2D eigenvalue weighted by molar-refractivity contribution is 5.90. The van der Waals surface area contributed by atoms with Crippen LogP contribution < -0.4 is 10.5 Å². The summed E-state index contributed by atoms with van der Waals surface area (Å²) in [5.74, 6) is 7.59. The fourth-order valence-corrected chi connectivity index (χ4v) is 3.95. The van der Waals surface area contributed by atoms with Gasteiger partial charge in [-0.2, -0.15) is 5.10 Å². The van der Waals surface area contributed by atoms with Gasteiger partial charge >= 0.3 is 0 Å². The minimum Gasteiger partial charge on any atom is -0.497 e. The Morgan fingerprint density at radius 3 is 2.90 bits per heavy atom. The van der Waals surface area contributed by atoms with Crippen LogP contribution in [0, 0.1) is 18.8 Å². The number of nitrogens with zero attached hydrogens (tertiary/aromatic N) is 5. The molecule has 0 radical (unpaired) electrons. The molecule has 1 aromatic carbocycles. The number of hydrogen-bond donors (Lipinski definition) is 1. The monoisotopic (exact) mass is 418 g/mol. The van der Waals surface area contributed by atoms with E-state index in [2.05, 4.69) is 21.8 Å². The summed E-state index contributed by atoms with van der Waals surface area (Å²) in [6, 6.07) is 5.86. The zero-order chi connectivity index (χ0) is 22.0. The van der Waals surface area contributed by atoms with Crippen LogP contribution in [-0.2, 0) is 4.79 Å². The SMILES string of the molecule is CCCC(=O)N1CC[C@H](n2nc(C#Cc3cc(C)cc(OC)c3)c3c(N)ncnc32)C1. The summed E-state index contributed by atoms with van der Waals surface area (Å²) < 4.78 is 7.19. The maximum absolute atomic E-state index is 12.3. The summed E-state index contributed by atoms with van der Waals surface area (Å²) in [6.07, 6.45) is 3.67. The van der Waals surface area contributed by atoms with Crippen LogP contribution in [0.3, 0.4) is 0 Å². The number of benzene rings is 1. The fraction of sp³-hybridized carbons (Fsp3) is 0.391. The molecule has 1 atom stereocenters. The van der Waals surface area contributed by atoms with Gasteiger partial charge in [0.25, 0.3) is 0 Å². The van der Waals surface area contributed by atoms with Crippen LogP contribution in [0.2, 0.25) is 0 Å². The molecule has 1 aliphatic heterocycles. The summed E-state index contributed by atoms with van der Waals surface area (Å²) in [7, 11) is 1.63. The molecule has 0 bridgehead atoms. The van der Waals surface area contributed by atoms with Crippen LogP contribution in [0.15, 0.2) is 24.5 Å². The number of nitrogens with two attached hydrogens (primary N) is 1. The highest BCUT2D eigenvalue weighted by atomic mass is 16.5. The van der Waals surface area contributed by atoms with Crippen LogP contribution >= 0.6 is 0 Å². The van der Waals surface area contributed by atoms with Crippen LogP contribution in [0.1, 0.15) is 49.0 Å². The third kappa shape index (κ3) is 4.17. The molecule has 31 heavy (non-hydrogen) atoms. The number of carbonyl (C=O) groups excluding carboxylic acids is 1. The first-order chi connectivity index (χ1) is 15.0. The van der Waals surface area contributed by atoms with E-state index in [9.17, 15) is 4.79 Å². The summed E-state index contributed by atoms with van der Waals surface area (Å²) in [5.41, 5.74) is 9.23. The Hall–Kier alpha value is -3.60. The van der Waals surface area contributed by atoms with Crippen molar-refractivity contribution >= 4 is 22.8 Å². The minimum absolute atomic E-state index is 0.0345. The number of likely N-dealkylation sites (tertiary alicyclic amines) is 1. The van der Waals surface area contributed by atoms with Gasteiger partial charge in [0.05, 0.1) is 18.5 Å². The second-order valence-corrected chi connectivity index (χ2v) is 7.77. The fourth-order valence-electron chi connectivity index (χ4n) is 3.95.